The van der Waals surface area contributed by atoms with E-state index in [2.05, 4.69) is 12.2 Å². The molecule has 0 bridgehead atoms. The molecule has 0 aromatic heterocycles. The van der Waals surface area contributed by atoms with Gasteiger partial charge in [-0.05, 0) is 70.0 Å². The maximum Gasteiger partial charge on any atom is 0.193 e. The molecule has 0 N–H and O–H groups in total. The molecule has 3 nitrogen and oxygen atoms in total. The Bertz CT molecular complexity index is 1350. The van der Waals surface area contributed by atoms with E-state index in [1.54, 1.807) is 23.9 Å². The minimum Gasteiger partial charge on any atom is -0.289 e. The molecule has 0 saturated heterocycles. The van der Waals surface area contributed by atoms with E-state index in [9.17, 15) is 13.2 Å². The van der Waals surface area contributed by atoms with Crippen LogP contribution in [0.1, 0.15) is 48.2 Å². The number of carbonyl (C=O) groups is 1. The van der Waals surface area contributed by atoms with Crippen LogP contribution in [0.25, 0.3) is 0 Å². The van der Waals surface area contributed by atoms with E-state index in [-0.39, 0.29) is 5.78 Å². The number of allylic oxidation sites excluding steroid dienone is 3. The first kappa shape index (κ1) is 25.2. The van der Waals surface area contributed by atoms with E-state index in [0.717, 1.165) is 16.9 Å². The molecule has 3 aromatic rings. The van der Waals surface area contributed by atoms with Gasteiger partial charge in [-0.2, -0.15) is 0 Å². The summed E-state index contributed by atoms with van der Waals surface area (Å²) in [6.07, 6.45) is 9.39. The van der Waals surface area contributed by atoms with Crippen LogP contribution in [0.2, 0.25) is 0 Å². The van der Waals surface area contributed by atoms with Crippen LogP contribution in [0, 0.1) is 6.92 Å². The summed E-state index contributed by atoms with van der Waals surface area (Å²) in [5, 5.41) is 0. The number of thioether (sulfide) groups is 1. The predicted octanol–water partition coefficient (Wildman–Crippen LogP) is 7.22. The summed E-state index contributed by atoms with van der Waals surface area (Å²) < 4.78 is 25.8. The number of carbonyl (C=O) groups excluding carboxylic acids is 1. The van der Waals surface area contributed by atoms with Crippen LogP contribution in [0.5, 0.6) is 0 Å². The Balaban J connectivity index is 1.58. The predicted molar refractivity (Wildman–Crippen MR) is 145 cm³/mol. The number of hydrogen-bond acceptors (Lipinski definition) is 4. The molecule has 0 spiro atoms. The van der Waals surface area contributed by atoms with Crippen LogP contribution >= 0.6 is 11.8 Å². The number of aryl methyl sites for hydroxylation is 1. The number of benzene rings is 3. The molecule has 0 saturated carbocycles. The summed E-state index contributed by atoms with van der Waals surface area (Å²) >= 11 is 1.66. The van der Waals surface area contributed by atoms with E-state index in [1.807, 2.05) is 99.7 Å². The zero-order valence-corrected chi connectivity index (χ0v) is 21.9. The Morgan fingerprint density at radius 2 is 1.51 bits per heavy atom. The van der Waals surface area contributed by atoms with Crippen molar-refractivity contribution in [2.24, 2.45) is 0 Å². The van der Waals surface area contributed by atoms with E-state index < -0.39 is 19.3 Å². The fraction of sp³-hybridized carbons (Fsp3) is 0.233. The first-order valence-corrected chi connectivity index (χ1v) is 14.0. The lowest BCUT2D eigenvalue weighted by molar-refractivity contribution is 0.103. The molecule has 180 valence electrons. The summed E-state index contributed by atoms with van der Waals surface area (Å²) in [7, 11) is -3.55. The van der Waals surface area contributed by atoms with Gasteiger partial charge in [0, 0.05) is 20.8 Å². The second-order valence-electron chi connectivity index (χ2n) is 9.63. The first-order valence-electron chi connectivity index (χ1n) is 11.7. The summed E-state index contributed by atoms with van der Waals surface area (Å²) in [6.45, 7) is 5.58. The van der Waals surface area contributed by atoms with E-state index in [0.29, 0.717) is 22.4 Å². The van der Waals surface area contributed by atoms with Gasteiger partial charge in [0.15, 0.2) is 15.6 Å². The van der Waals surface area contributed by atoms with Crippen molar-refractivity contribution in [1.29, 1.82) is 0 Å². The molecule has 0 heterocycles. The maximum absolute atomic E-state index is 13.6. The molecule has 4 rings (SSSR count). The third kappa shape index (κ3) is 5.52. The first-order chi connectivity index (χ1) is 16.6. The molecule has 1 unspecified atom stereocenters. The molecule has 0 radical (unpaired) electrons. The molecule has 1 aliphatic rings. The van der Waals surface area contributed by atoms with Gasteiger partial charge < -0.3 is 0 Å². The number of hydrogen-bond donors (Lipinski definition) is 0. The van der Waals surface area contributed by atoms with Gasteiger partial charge in [-0.25, -0.2) is 8.42 Å². The average Bonchev–Trinajstić information content (AvgIpc) is 2.85. The quantitative estimate of drug-likeness (QED) is 0.305. The summed E-state index contributed by atoms with van der Waals surface area (Å²) in [5.74, 6) is -0.0114. The Morgan fingerprint density at radius 3 is 2.11 bits per heavy atom. The van der Waals surface area contributed by atoms with Crippen molar-refractivity contribution in [2.75, 3.05) is 0 Å². The minimum atomic E-state index is -3.55. The zero-order chi connectivity index (χ0) is 25.1. The maximum atomic E-state index is 13.6. The number of ketones is 1. The third-order valence-corrected chi connectivity index (χ3v) is 10.2. The van der Waals surface area contributed by atoms with E-state index >= 15 is 0 Å². The summed E-state index contributed by atoms with van der Waals surface area (Å²) in [4.78, 5) is 14.1. The van der Waals surface area contributed by atoms with Crippen LogP contribution in [-0.2, 0) is 9.84 Å². The molecule has 0 amide bonds. The highest BCUT2D eigenvalue weighted by molar-refractivity contribution is 8.01. The van der Waals surface area contributed by atoms with Crippen molar-refractivity contribution in [1.82, 2.24) is 0 Å². The van der Waals surface area contributed by atoms with Gasteiger partial charge >= 0.3 is 0 Å². The van der Waals surface area contributed by atoms with Crippen molar-refractivity contribution >= 4 is 27.4 Å². The lowest BCUT2D eigenvalue weighted by atomic mass is 9.90. The van der Waals surface area contributed by atoms with Gasteiger partial charge in [-0.15, -0.1) is 11.8 Å². The van der Waals surface area contributed by atoms with Gasteiger partial charge in [0.05, 0.1) is 9.64 Å². The molecule has 1 atom stereocenters. The SMILES string of the molecule is Cc1ccc(S(=O)(=O)C(C)(C)CC2(Sc3ccc(C(=O)c4ccccc4)cc3)C=CC=CC2)cc1. The zero-order valence-electron chi connectivity index (χ0n) is 20.3. The smallest absolute Gasteiger partial charge is 0.193 e. The summed E-state index contributed by atoms with van der Waals surface area (Å²) in [5.41, 5.74) is 2.33. The Morgan fingerprint density at radius 1 is 0.886 bits per heavy atom. The van der Waals surface area contributed by atoms with Crippen molar-refractivity contribution in [3.63, 3.8) is 0 Å². The molecule has 0 aliphatic heterocycles. The van der Waals surface area contributed by atoms with Crippen LogP contribution in [0.3, 0.4) is 0 Å². The number of rotatable bonds is 8. The largest absolute Gasteiger partial charge is 0.289 e. The topological polar surface area (TPSA) is 51.2 Å². The highest BCUT2D eigenvalue weighted by atomic mass is 32.2. The van der Waals surface area contributed by atoms with Gasteiger partial charge in [-0.1, -0.05) is 72.3 Å². The fourth-order valence-electron chi connectivity index (χ4n) is 4.41. The Labute approximate surface area is 212 Å². The second kappa shape index (κ2) is 10.00. The van der Waals surface area contributed by atoms with Crippen LogP contribution in [0.15, 0.2) is 113 Å². The van der Waals surface area contributed by atoms with Gasteiger partial charge in [0.25, 0.3) is 0 Å². The minimum absolute atomic E-state index is 0.0114. The standard InChI is InChI=1S/C30H30O3S2/c1-23-12-18-27(19-13-23)35(32,33)29(2,3)22-30(20-8-5-9-21-30)34-26-16-14-25(15-17-26)28(31)24-10-6-4-7-11-24/h4-20H,21-22H2,1-3H3. The van der Waals surface area contributed by atoms with Crippen molar-refractivity contribution in [3.05, 3.63) is 120 Å². The molecule has 35 heavy (non-hydrogen) atoms. The fourth-order valence-corrected chi connectivity index (χ4v) is 7.58. The third-order valence-electron chi connectivity index (χ3n) is 6.37. The van der Waals surface area contributed by atoms with Gasteiger partial charge in [0.2, 0.25) is 0 Å². The Kier molecular flexibility index (Phi) is 7.20. The Hall–Kier alpha value is -2.89. The highest BCUT2D eigenvalue weighted by Crippen LogP contribution is 2.47. The molecule has 1 aliphatic carbocycles. The molecule has 0 fully saturated rings. The van der Waals surface area contributed by atoms with Crippen LogP contribution < -0.4 is 0 Å². The highest BCUT2D eigenvalue weighted by Gasteiger charge is 2.43. The average molecular weight is 503 g/mol. The second-order valence-corrected chi connectivity index (χ2v) is 13.7. The lowest BCUT2D eigenvalue weighted by Crippen LogP contribution is -2.40. The normalized spacial score (nSPS) is 17.9. The van der Waals surface area contributed by atoms with Crippen LogP contribution in [-0.4, -0.2) is 23.7 Å². The van der Waals surface area contributed by atoms with E-state index in [1.165, 1.54) is 0 Å². The van der Waals surface area contributed by atoms with Crippen molar-refractivity contribution < 1.29 is 13.2 Å². The van der Waals surface area contributed by atoms with E-state index in [4.69, 9.17) is 0 Å². The molecular formula is C30H30O3S2. The lowest BCUT2D eigenvalue weighted by Gasteiger charge is -2.38. The monoisotopic (exact) mass is 502 g/mol. The molecule has 5 heteroatoms. The molecule has 3 aromatic carbocycles. The number of sulfone groups is 1. The molecular weight excluding hydrogens is 472 g/mol. The van der Waals surface area contributed by atoms with Gasteiger partial charge in [0.1, 0.15) is 0 Å². The van der Waals surface area contributed by atoms with Gasteiger partial charge in [-0.3, -0.25) is 4.79 Å². The van der Waals surface area contributed by atoms with Crippen molar-refractivity contribution in [3.8, 4) is 0 Å². The summed E-state index contributed by atoms with van der Waals surface area (Å²) in [6, 6.07) is 23.9. The van der Waals surface area contributed by atoms with Crippen molar-refractivity contribution in [2.45, 2.75) is 52.9 Å². The van der Waals surface area contributed by atoms with Crippen LogP contribution in [0.4, 0.5) is 0 Å².